The first-order valence-electron chi connectivity index (χ1n) is 14.0. The van der Waals surface area contributed by atoms with Crippen molar-refractivity contribution in [3.63, 3.8) is 0 Å². The van der Waals surface area contributed by atoms with Gasteiger partial charge in [0.25, 0.3) is 0 Å². The number of halogens is 2. The lowest BCUT2D eigenvalue weighted by Gasteiger charge is -2.35. The molecule has 0 radical (unpaired) electrons. The maximum atomic E-state index is 13.7. The minimum Gasteiger partial charge on any atom is -0.381 e. The highest BCUT2D eigenvalue weighted by Crippen LogP contribution is 2.47. The van der Waals surface area contributed by atoms with Crippen molar-refractivity contribution in [2.24, 2.45) is 17.3 Å². The molecule has 0 aromatic heterocycles. The second-order valence-corrected chi connectivity index (χ2v) is 12.8. The van der Waals surface area contributed by atoms with Gasteiger partial charge in [-0.05, 0) is 62.1 Å². The average molecular weight is 565 g/mol. The Kier molecular flexibility index (Phi) is 8.28. The molecule has 4 aliphatic rings. The van der Waals surface area contributed by atoms with Crippen molar-refractivity contribution in [2.45, 2.75) is 63.8 Å². The molecule has 0 bridgehead atoms. The zero-order valence-electron chi connectivity index (χ0n) is 22.5. The maximum absolute atomic E-state index is 13.7. The first-order valence-corrected chi connectivity index (χ1v) is 14.8. The highest BCUT2D eigenvalue weighted by atomic mass is 35.5. The average Bonchev–Trinajstić information content (AvgIpc) is 3.53. The van der Waals surface area contributed by atoms with Crippen molar-refractivity contribution in [1.82, 2.24) is 14.7 Å². The summed E-state index contributed by atoms with van der Waals surface area (Å²) in [4.78, 5) is 45.5. The Bertz CT molecular complexity index is 1060. The summed E-state index contributed by atoms with van der Waals surface area (Å²) in [6.45, 7) is 5.78. The molecule has 2 atom stereocenters. The van der Waals surface area contributed by atoms with Crippen LogP contribution in [0, 0.1) is 17.3 Å². The second kappa shape index (κ2) is 11.3. The van der Waals surface area contributed by atoms with Crippen LogP contribution < -0.4 is 0 Å². The Balaban J connectivity index is 1.27. The molecular weight excluding hydrogens is 525 g/mol. The minimum absolute atomic E-state index is 0.0474. The van der Waals surface area contributed by atoms with E-state index >= 15 is 0 Å². The SMILES string of the molecule is CN(C(=O)CC1CCOCC1)C1CN(C(=O)C2CCN(C(=O)C3(C)CC3)CC2)CC1c1ccc(Cl)c(Cl)c1. The second-order valence-electron chi connectivity index (χ2n) is 12.0. The molecule has 0 spiro atoms. The lowest BCUT2D eigenvalue weighted by atomic mass is 9.92. The predicted octanol–water partition coefficient (Wildman–Crippen LogP) is 4.60. The van der Waals surface area contributed by atoms with Crippen LogP contribution in [-0.4, -0.2) is 84.9 Å². The maximum Gasteiger partial charge on any atom is 0.228 e. The fraction of sp³-hybridized carbons (Fsp3) is 0.690. The monoisotopic (exact) mass is 563 g/mol. The number of likely N-dealkylation sites (tertiary alicyclic amines) is 2. The molecule has 1 saturated carbocycles. The summed E-state index contributed by atoms with van der Waals surface area (Å²) in [6.07, 6.45) is 5.64. The molecule has 7 nitrogen and oxygen atoms in total. The standard InChI is InChI=1S/C29H39Cl2N3O4/c1-29(9-10-29)28(37)33-11-5-20(6-12-33)27(36)34-17-22(21-3-4-23(30)24(31)16-21)25(18-34)32(2)26(35)15-19-7-13-38-14-8-19/h3-4,16,19-20,22,25H,5-15,17-18H2,1-2H3. The van der Waals surface area contributed by atoms with Crippen LogP contribution in [0.15, 0.2) is 18.2 Å². The molecular formula is C29H39Cl2N3O4. The first kappa shape index (κ1) is 27.7. The van der Waals surface area contributed by atoms with E-state index in [4.69, 9.17) is 27.9 Å². The van der Waals surface area contributed by atoms with Crippen molar-refractivity contribution >= 4 is 40.9 Å². The van der Waals surface area contributed by atoms with Crippen LogP contribution in [0.25, 0.3) is 0 Å². The van der Waals surface area contributed by atoms with E-state index in [0.29, 0.717) is 74.6 Å². The van der Waals surface area contributed by atoms with E-state index < -0.39 is 0 Å². The van der Waals surface area contributed by atoms with Crippen molar-refractivity contribution in [1.29, 1.82) is 0 Å². The third-order valence-corrected chi connectivity index (χ3v) is 10.1. The number of piperidine rings is 1. The van der Waals surface area contributed by atoms with Crippen molar-refractivity contribution < 1.29 is 19.1 Å². The van der Waals surface area contributed by atoms with Gasteiger partial charge in [-0.25, -0.2) is 0 Å². The van der Waals surface area contributed by atoms with E-state index in [-0.39, 0.29) is 41.0 Å². The molecule has 4 fully saturated rings. The normalized spacial score (nSPS) is 25.9. The molecule has 1 aromatic carbocycles. The molecule has 3 aliphatic heterocycles. The molecule has 38 heavy (non-hydrogen) atoms. The molecule has 9 heteroatoms. The number of ether oxygens (including phenoxy) is 1. The van der Waals surface area contributed by atoms with Gasteiger partial charge in [-0.1, -0.05) is 36.2 Å². The molecule has 0 N–H and O–H groups in total. The van der Waals surface area contributed by atoms with Crippen LogP contribution in [-0.2, 0) is 19.1 Å². The topological polar surface area (TPSA) is 70.2 Å². The van der Waals surface area contributed by atoms with Gasteiger partial charge in [-0.2, -0.15) is 0 Å². The summed E-state index contributed by atoms with van der Waals surface area (Å²) in [5.74, 6) is 0.687. The fourth-order valence-corrected chi connectivity index (χ4v) is 6.63. The van der Waals surface area contributed by atoms with Gasteiger partial charge in [0.05, 0.1) is 16.1 Å². The number of nitrogens with zero attached hydrogens (tertiary/aromatic N) is 3. The summed E-state index contributed by atoms with van der Waals surface area (Å²) >= 11 is 12.6. The molecule has 3 saturated heterocycles. The summed E-state index contributed by atoms with van der Waals surface area (Å²) in [5.41, 5.74) is 0.817. The number of carbonyl (C=O) groups is 3. The third kappa shape index (κ3) is 5.85. The third-order valence-electron chi connectivity index (χ3n) is 9.32. The fourth-order valence-electron chi connectivity index (χ4n) is 6.33. The number of carbonyl (C=O) groups excluding carboxylic acids is 3. The van der Waals surface area contributed by atoms with Gasteiger partial charge < -0.3 is 19.4 Å². The van der Waals surface area contributed by atoms with Gasteiger partial charge in [-0.3, -0.25) is 14.4 Å². The van der Waals surface area contributed by atoms with Crippen LogP contribution in [0.1, 0.15) is 63.4 Å². The number of rotatable bonds is 6. The Morgan fingerprint density at radius 3 is 2.32 bits per heavy atom. The van der Waals surface area contributed by atoms with E-state index in [2.05, 4.69) is 0 Å². The van der Waals surface area contributed by atoms with Gasteiger partial charge in [0.15, 0.2) is 0 Å². The van der Waals surface area contributed by atoms with Crippen molar-refractivity contribution in [2.75, 3.05) is 46.4 Å². The predicted molar refractivity (Wildman–Crippen MR) is 147 cm³/mol. The largest absolute Gasteiger partial charge is 0.381 e. The molecule has 2 unspecified atom stereocenters. The number of amides is 3. The molecule has 5 rings (SSSR count). The molecule has 3 heterocycles. The van der Waals surface area contributed by atoms with E-state index in [1.54, 1.807) is 6.07 Å². The van der Waals surface area contributed by atoms with E-state index in [1.165, 1.54) is 0 Å². The Morgan fingerprint density at radius 1 is 1.00 bits per heavy atom. The Hall–Kier alpha value is -1.83. The quantitative estimate of drug-likeness (QED) is 0.507. The Labute approximate surface area is 235 Å². The lowest BCUT2D eigenvalue weighted by molar-refractivity contribution is -0.142. The molecule has 1 aliphatic carbocycles. The summed E-state index contributed by atoms with van der Waals surface area (Å²) in [6, 6.07) is 5.48. The number of likely N-dealkylation sites (N-methyl/N-ethyl adjacent to an activating group) is 1. The van der Waals surface area contributed by atoms with Crippen LogP contribution in [0.2, 0.25) is 10.0 Å². The highest BCUT2D eigenvalue weighted by molar-refractivity contribution is 6.42. The van der Waals surface area contributed by atoms with Crippen LogP contribution in [0.5, 0.6) is 0 Å². The zero-order chi connectivity index (χ0) is 27.0. The molecule has 208 valence electrons. The molecule has 1 aromatic rings. The van der Waals surface area contributed by atoms with E-state index in [1.807, 2.05) is 40.8 Å². The highest BCUT2D eigenvalue weighted by Gasteiger charge is 2.48. The van der Waals surface area contributed by atoms with E-state index in [0.717, 1.165) is 31.2 Å². The lowest BCUT2D eigenvalue weighted by Crippen LogP contribution is -2.46. The van der Waals surface area contributed by atoms with Crippen LogP contribution in [0.4, 0.5) is 0 Å². The summed E-state index contributed by atoms with van der Waals surface area (Å²) < 4.78 is 5.46. The van der Waals surface area contributed by atoms with E-state index in [9.17, 15) is 14.4 Å². The number of hydrogen-bond donors (Lipinski definition) is 0. The first-order chi connectivity index (χ1) is 18.2. The van der Waals surface area contributed by atoms with Crippen molar-refractivity contribution in [3.8, 4) is 0 Å². The Morgan fingerprint density at radius 2 is 1.68 bits per heavy atom. The molecule has 3 amide bonds. The van der Waals surface area contributed by atoms with Gasteiger partial charge in [-0.15, -0.1) is 0 Å². The minimum atomic E-state index is -0.173. The van der Waals surface area contributed by atoms with Gasteiger partial charge >= 0.3 is 0 Å². The smallest absolute Gasteiger partial charge is 0.228 e. The van der Waals surface area contributed by atoms with Gasteiger partial charge in [0, 0.05) is 70.1 Å². The number of benzene rings is 1. The van der Waals surface area contributed by atoms with Crippen LogP contribution >= 0.6 is 23.2 Å². The number of hydrogen-bond acceptors (Lipinski definition) is 4. The van der Waals surface area contributed by atoms with Crippen molar-refractivity contribution in [3.05, 3.63) is 33.8 Å². The van der Waals surface area contributed by atoms with Gasteiger partial charge in [0.1, 0.15) is 0 Å². The summed E-state index contributed by atoms with van der Waals surface area (Å²) in [5, 5.41) is 0.966. The van der Waals surface area contributed by atoms with Gasteiger partial charge in [0.2, 0.25) is 17.7 Å². The summed E-state index contributed by atoms with van der Waals surface area (Å²) in [7, 11) is 1.87. The van der Waals surface area contributed by atoms with Crippen LogP contribution in [0.3, 0.4) is 0 Å². The zero-order valence-corrected chi connectivity index (χ0v) is 24.0.